The van der Waals surface area contributed by atoms with Gasteiger partial charge < -0.3 is 5.11 Å². The average molecular weight is 298 g/mol. The molecule has 100 valence electrons. The molecule has 0 bridgehead atoms. The first-order valence-electron chi connectivity index (χ1n) is 5.46. The third-order valence-corrected chi connectivity index (χ3v) is 4.36. The number of sulfonamides is 1. The topological polar surface area (TPSA) is 66.4 Å². The first-order valence-corrected chi connectivity index (χ1v) is 7.32. The SMILES string of the molecule is Cc1cc(S(=O)(=O)Nc2ccc(O)cc2)ccc1Cl. The Labute approximate surface area is 116 Å². The largest absolute Gasteiger partial charge is 0.508 e. The van der Waals surface area contributed by atoms with Crippen LogP contribution in [0.4, 0.5) is 5.69 Å². The number of nitrogens with one attached hydrogen (secondary N) is 1. The lowest BCUT2D eigenvalue weighted by Crippen LogP contribution is -2.12. The Hall–Kier alpha value is -1.72. The van der Waals surface area contributed by atoms with Crippen LogP contribution in [0.25, 0.3) is 0 Å². The minimum Gasteiger partial charge on any atom is -0.508 e. The van der Waals surface area contributed by atoms with E-state index in [9.17, 15) is 8.42 Å². The van der Waals surface area contributed by atoms with Crippen molar-refractivity contribution in [2.45, 2.75) is 11.8 Å². The van der Waals surface area contributed by atoms with Crippen LogP contribution in [0.2, 0.25) is 5.02 Å². The maximum absolute atomic E-state index is 12.1. The summed E-state index contributed by atoms with van der Waals surface area (Å²) in [5, 5.41) is 9.66. The second-order valence-corrected chi connectivity index (χ2v) is 6.15. The molecule has 0 aromatic heterocycles. The Morgan fingerprint density at radius 3 is 2.32 bits per heavy atom. The molecule has 0 amide bonds. The molecule has 0 heterocycles. The number of aryl methyl sites for hydroxylation is 1. The fourth-order valence-corrected chi connectivity index (χ4v) is 2.79. The third kappa shape index (κ3) is 3.19. The summed E-state index contributed by atoms with van der Waals surface area (Å²) >= 11 is 5.87. The first-order chi connectivity index (χ1) is 8.88. The van der Waals surface area contributed by atoms with Crippen molar-refractivity contribution in [2.75, 3.05) is 4.72 Å². The monoisotopic (exact) mass is 297 g/mol. The predicted molar refractivity (Wildman–Crippen MR) is 75.1 cm³/mol. The van der Waals surface area contributed by atoms with Gasteiger partial charge in [-0.15, -0.1) is 0 Å². The van der Waals surface area contributed by atoms with Gasteiger partial charge >= 0.3 is 0 Å². The molecule has 0 aliphatic carbocycles. The van der Waals surface area contributed by atoms with Gasteiger partial charge in [0.1, 0.15) is 5.75 Å². The highest BCUT2D eigenvalue weighted by Crippen LogP contribution is 2.22. The fourth-order valence-electron chi connectivity index (χ4n) is 1.53. The Bertz CT molecular complexity index is 696. The average Bonchev–Trinajstić information content (AvgIpc) is 2.35. The molecule has 0 radical (unpaired) electrons. The van der Waals surface area contributed by atoms with Crippen molar-refractivity contribution < 1.29 is 13.5 Å². The molecule has 2 aromatic carbocycles. The van der Waals surface area contributed by atoms with Crippen LogP contribution in [0.1, 0.15) is 5.56 Å². The summed E-state index contributed by atoms with van der Waals surface area (Å²) in [6.07, 6.45) is 0. The van der Waals surface area contributed by atoms with Crippen molar-refractivity contribution >= 4 is 27.3 Å². The molecule has 0 fully saturated rings. The normalized spacial score (nSPS) is 11.3. The maximum atomic E-state index is 12.1. The molecule has 19 heavy (non-hydrogen) atoms. The molecule has 0 saturated carbocycles. The van der Waals surface area contributed by atoms with Crippen LogP contribution >= 0.6 is 11.6 Å². The van der Waals surface area contributed by atoms with Crippen LogP contribution in [0, 0.1) is 6.92 Å². The summed E-state index contributed by atoms with van der Waals surface area (Å²) in [5.74, 6) is 0.0743. The predicted octanol–water partition coefficient (Wildman–Crippen LogP) is 3.15. The van der Waals surface area contributed by atoms with Crippen molar-refractivity contribution in [1.29, 1.82) is 0 Å². The zero-order chi connectivity index (χ0) is 14.0. The highest BCUT2D eigenvalue weighted by molar-refractivity contribution is 7.92. The van der Waals surface area contributed by atoms with Crippen molar-refractivity contribution in [3.05, 3.63) is 53.1 Å². The van der Waals surface area contributed by atoms with Crippen LogP contribution in [-0.2, 0) is 10.0 Å². The Kier molecular flexibility index (Phi) is 3.68. The van der Waals surface area contributed by atoms with Gasteiger partial charge in [0.2, 0.25) is 0 Å². The van der Waals surface area contributed by atoms with E-state index in [0.717, 1.165) is 0 Å². The molecule has 0 aliphatic heterocycles. The number of phenolic OH excluding ortho intramolecular Hbond substituents is 1. The summed E-state index contributed by atoms with van der Waals surface area (Å²) in [6, 6.07) is 10.3. The van der Waals surface area contributed by atoms with Gasteiger partial charge in [-0.3, -0.25) is 4.72 Å². The van der Waals surface area contributed by atoms with Gasteiger partial charge in [0.05, 0.1) is 4.90 Å². The molecular weight excluding hydrogens is 286 g/mol. The van der Waals surface area contributed by atoms with Crippen LogP contribution in [0.15, 0.2) is 47.4 Å². The molecule has 2 N–H and O–H groups in total. The number of aromatic hydroxyl groups is 1. The van der Waals surface area contributed by atoms with Gasteiger partial charge in [0.15, 0.2) is 0 Å². The third-order valence-electron chi connectivity index (χ3n) is 2.56. The molecule has 0 unspecified atom stereocenters. The van der Waals surface area contributed by atoms with Crippen LogP contribution in [-0.4, -0.2) is 13.5 Å². The molecule has 6 heteroatoms. The van der Waals surface area contributed by atoms with Crippen LogP contribution in [0.3, 0.4) is 0 Å². The van der Waals surface area contributed by atoms with E-state index in [1.54, 1.807) is 13.0 Å². The van der Waals surface area contributed by atoms with E-state index in [-0.39, 0.29) is 10.6 Å². The number of hydrogen-bond donors (Lipinski definition) is 2. The van der Waals surface area contributed by atoms with Crippen LogP contribution < -0.4 is 4.72 Å². The van der Waals surface area contributed by atoms with Gasteiger partial charge in [-0.25, -0.2) is 8.42 Å². The summed E-state index contributed by atoms with van der Waals surface area (Å²) < 4.78 is 26.7. The van der Waals surface area contributed by atoms with E-state index in [0.29, 0.717) is 16.3 Å². The number of halogens is 1. The molecule has 0 saturated heterocycles. The highest BCUT2D eigenvalue weighted by Gasteiger charge is 2.15. The summed E-state index contributed by atoms with van der Waals surface area (Å²) in [6.45, 7) is 1.74. The summed E-state index contributed by atoms with van der Waals surface area (Å²) in [5.41, 5.74) is 1.07. The Morgan fingerprint density at radius 1 is 1.11 bits per heavy atom. The van der Waals surface area contributed by atoms with Crippen molar-refractivity contribution in [3.8, 4) is 5.75 Å². The highest BCUT2D eigenvalue weighted by atomic mass is 35.5. The molecule has 0 spiro atoms. The molecule has 4 nitrogen and oxygen atoms in total. The Morgan fingerprint density at radius 2 is 1.74 bits per heavy atom. The lowest BCUT2D eigenvalue weighted by molar-refractivity contribution is 0.475. The van der Waals surface area contributed by atoms with E-state index in [1.807, 2.05) is 0 Å². The lowest BCUT2D eigenvalue weighted by Gasteiger charge is -2.09. The van der Waals surface area contributed by atoms with Gasteiger partial charge in [0, 0.05) is 10.7 Å². The number of phenols is 1. The standard InChI is InChI=1S/C13H12ClNO3S/c1-9-8-12(6-7-13(9)14)19(17,18)15-10-2-4-11(16)5-3-10/h2-8,15-16H,1H3. The zero-order valence-electron chi connectivity index (χ0n) is 10.1. The molecule has 2 rings (SSSR count). The molecule has 0 atom stereocenters. The second-order valence-electron chi connectivity index (χ2n) is 4.06. The van der Waals surface area contributed by atoms with E-state index in [2.05, 4.69) is 4.72 Å². The molecule has 0 aliphatic rings. The van der Waals surface area contributed by atoms with E-state index >= 15 is 0 Å². The minimum atomic E-state index is -3.66. The van der Waals surface area contributed by atoms with E-state index in [1.165, 1.54) is 36.4 Å². The number of rotatable bonds is 3. The lowest BCUT2D eigenvalue weighted by atomic mass is 10.2. The van der Waals surface area contributed by atoms with Crippen molar-refractivity contribution in [3.63, 3.8) is 0 Å². The second kappa shape index (κ2) is 5.11. The number of benzene rings is 2. The Balaban J connectivity index is 2.32. The molecule has 2 aromatic rings. The first kappa shape index (κ1) is 13.7. The van der Waals surface area contributed by atoms with Crippen LogP contribution in [0.5, 0.6) is 5.75 Å². The van der Waals surface area contributed by atoms with Gasteiger partial charge in [-0.1, -0.05) is 11.6 Å². The van der Waals surface area contributed by atoms with Gasteiger partial charge in [-0.05, 0) is 55.0 Å². The van der Waals surface area contributed by atoms with Crippen molar-refractivity contribution in [2.24, 2.45) is 0 Å². The van der Waals surface area contributed by atoms with Crippen molar-refractivity contribution in [1.82, 2.24) is 0 Å². The van der Waals surface area contributed by atoms with Gasteiger partial charge in [-0.2, -0.15) is 0 Å². The van der Waals surface area contributed by atoms with E-state index < -0.39 is 10.0 Å². The summed E-state index contributed by atoms with van der Waals surface area (Å²) in [4.78, 5) is 0.141. The zero-order valence-corrected chi connectivity index (χ0v) is 11.7. The van der Waals surface area contributed by atoms with Gasteiger partial charge in [0.25, 0.3) is 10.0 Å². The number of hydrogen-bond acceptors (Lipinski definition) is 3. The minimum absolute atomic E-state index is 0.0743. The number of anilines is 1. The quantitative estimate of drug-likeness (QED) is 0.855. The summed E-state index contributed by atoms with van der Waals surface area (Å²) in [7, 11) is -3.66. The van der Waals surface area contributed by atoms with E-state index in [4.69, 9.17) is 16.7 Å². The molecular formula is C13H12ClNO3S. The fraction of sp³-hybridized carbons (Fsp3) is 0.0769. The smallest absolute Gasteiger partial charge is 0.261 e. The maximum Gasteiger partial charge on any atom is 0.261 e.